The van der Waals surface area contributed by atoms with Crippen molar-refractivity contribution in [1.29, 1.82) is 0 Å². The first kappa shape index (κ1) is 18.9. The van der Waals surface area contributed by atoms with Crippen molar-refractivity contribution >= 4 is 11.8 Å². The van der Waals surface area contributed by atoms with Crippen LogP contribution in [0.1, 0.15) is 34.1 Å². The van der Waals surface area contributed by atoms with Crippen LogP contribution < -0.4 is 5.32 Å². The van der Waals surface area contributed by atoms with Crippen molar-refractivity contribution in [2.75, 3.05) is 13.1 Å². The molecule has 7 heteroatoms. The van der Waals surface area contributed by atoms with E-state index in [2.05, 4.69) is 10.4 Å². The van der Waals surface area contributed by atoms with Crippen LogP contribution in [0.3, 0.4) is 0 Å². The Morgan fingerprint density at radius 3 is 2.59 bits per heavy atom. The summed E-state index contributed by atoms with van der Waals surface area (Å²) in [5.41, 5.74) is 2.72. The molecule has 1 fully saturated rings. The number of aromatic nitrogens is 2. The van der Waals surface area contributed by atoms with E-state index in [9.17, 15) is 14.0 Å². The lowest BCUT2D eigenvalue weighted by molar-refractivity contribution is -0.121. The van der Waals surface area contributed by atoms with Gasteiger partial charge in [-0.15, -0.1) is 0 Å². The van der Waals surface area contributed by atoms with Crippen molar-refractivity contribution in [3.63, 3.8) is 0 Å². The van der Waals surface area contributed by atoms with Crippen LogP contribution in [0.25, 0.3) is 5.69 Å². The molecule has 0 unspecified atom stereocenters. The second-order valence-electron chi connectivity index (χ2n) is 7.01. The molecule has 0 spiro atoms. The SMILES string of the molecule is Cc1c(C(=O)N2CCNC(=O)C[C@H]2c2ccccc2)cnn1-c1ccc(F)cc1. The topological polar surface area (TPSA) is 67.2 Å². The van der Waals surface area contributed by atoms with E-state index in [-0.39, 0.29) is 30.1 Å². The van der Waals surface area contributed by atoms with Crippen molar-refractivity contribution in [3.8, 4) is 5.69 Å². The first-order valence-electron chi connectivity index (χ1n) is 9.48. The quantitative estimate of drug-likeness (QED) is 0.745. The van der Waals surface area contributed by atoms with E-state index in [1.807, 2.05) is 37.3 Å². The summed E-state index contributed by atoms with van der Waals surface area (Å²) in [6, 6.07) is 15.2. The Bertz CT molecular complexity index is 1030. The number of amides is 2. The van der Waals surface area contributed by atoms with E-state index >= 15 is 0 Å². The second-order valence-corrected chi connectivity index (χ2v) is 7.01. The summed E-state index contributed by atoms with van der Waals surface area (Å²) in [5, 5.41) is 7.17. The summed E-state index contributed by atoms with van der Waals surface area (Å²) < 4.78 is 14.8. The molecule has 6 nitrogen and oxygen atoms in total. The van der Waals surface area contributed by atoms with Crippen molar-refractivity contribution in [2.24, 2.45) is 0 Å². The fourth-order valence-electron chi connectivity index (χ4n) is 3.66. The molecule has 4 rings (SSSR count). The van der Waals surface area contributed by atoms with E-state index < -0.39 is 0 Å². The largest absolute Gasteiger partial charge is 0.354 e. The van der Waals surface area contributed by atoms with Gasteiger partial charge in [0.15, 0.2) is 0 Å². The Morgan fingerprint density at radius 1 is 1.14 bits per heavy atom. The Labute approximate surface area is 167 Å². The van der Waals surface area contributed by atoms with Crippen LogP contribution in [-0.4, -0.2) is 39.6 Å². The minimum atomic E-state index is -0.347. The van der Waals surface area contributed by atoms with E-state index in [4.69, 9.17) is 0 Å². The molecule has 1 saturated heterocycles. The van der Waals surface area contributed by atoms with Gasteiger partial charge in [-0.3, -0.25) is 9.59 Å². The van der Waals surface area contributed by atoms with E-state index in [1.165, 1.54) is 18.3 Å². The highest BCUT2D eigenvalue weighted by Crippen LogP contribution is 2.28. The number of rotatable bonds is 3. The third kappa shape index (κ3) is 3.76. The first-order valence-corrected chi connectivity index (χ1v) is 9.48. The minimum Gasteiger partial charge on any atom is -0.354 e. The number of nitrogens with one attached hydrogen (secondary N) is 1. The second kappa shape index (κ2) is 7.87. The Kier molecular flexibility index (Phi) is 5.12. The standard InChI is InChI=1S/C22H21FN4O2/c1-15-19(14-25-27(15)18-9-7-17(23)8-10-18)22(29)26-12-11-24-21(28)13-20(26)16-5-3-2-4-6-16/h2-10,14,20H,11-13H2,1H3,(H,24,28)/t20-/m0/s1. The third-order valence-electron chi connectivity index (χ3n) is 5.19. The van der Waals surface area contributed by atoms with E-state index in [1.54, 1.807) is 21.7 Å². The average Bonchev–Trinajstić information content (AvgIpc) is 3.00. The summed E-state index contributed by atoms with van der Waals surface area (Å²) in [5.74, 6) is -0.587. The molecule has 0 aliphatic carbocycles. The highest BCUT2D eigenvalue weighted by atomic mass is 19.1. The van der Waals surface area contributed by atoms with E-state index in [0.29, 0.717) is 30.0 Å². The predicted octanol–water partition coefficient (Wildman–Crippen LogP) is 3.02. The minimum absolute atomic E-state index is 0.0760. The molecule has 1 atom stereocenters. The van der Waals surface area contributed by atoms with Gasteiger partial charge in [-0.05, 0) is 36.8 Å². The highest BCUT2D eigenvalue weighted by Gasteiger charge is 2.32. The zero-order chi connectivity index (χ0) is 20.4. The zero-order valence-corrected chi connectivity index (χ0v) is 16.0. The molecule has 1 aromatic heterocycles. The number of hydrogen-bond acceptors (Lipinski definition) is 3. The van der Waals surface area contributed by atoms with Gasteiger partial charge >= 0.3 is 0 Å². The summed E-state index contributed by atoms with van der Waals surface area (Å²) in [7, 11) is 0. The lowest BCUT2D eigenvalue weighted by Gasteiger charge is -2.29. The van der Waals surface area contributed by atoms with E-state index in [0.717, 1.165) is 5.56 Å². The summed E-state index contributed by atoms with van der Waals surface area (Å²) >= 11 is 0. The maximum absolute atomic E-state index is 13.4. The molecule has 148 valence electrons. The number of nitrogens with zero attached hydrogens (tertiary/aromatic N) is 3. The highest BCUT2D eigenvalue weighted by molar-refractivity contribution is 5.96. The van der Waals surface area contributed by atoms with Crippen LogP contribution >= 0.6 is 0 Å². The van der Waals surface area contributed by atoms with Crippen LogP contribution in [0, 0.1) is 12.7 Å². The smallest absolute Gasteiger partial charge is 0.257 e. The lowest BCUT2D eigenvalue weighted by atomic mass is 10.0. The molecular weight excluding hydrogens is 371 g/mol. The molecule has 2 amide bonds. The number of carbonyl (C=O) groups excluding carboxylic acids is 2. The predicted molar refractivity (Wildman–Crippen MR) is 106 cm³/mol. The third-order valence-corrected chi connectivity index (χ3v) is 5.19. The zero-order valence-electron chi connectivity index (χ0n) is 16.0. The van der Waals surface area contributed by atoms with Crippen LogP contribution in [0.2, 0.25) is 0 Å². The fraction of sp³-hybridized carbons (Fsp3) is 0.227. The van der Waals surface area contributed by atoms with Gasteiger partial charge in [-0.2, -0.15) is 5.10 Å². The van der Waals surface area contributed by atoms with Crippen LogP contribution in [-0.2, 0) is 4.79 Å². The molecular formula is C22H21FN4O2. The first-order chi connectivity index (χ1) is 14.0. The maximum atomic E-state index is 13.4. The summed E-state index contributed by atoms with van der Waals surface area (Å²) in [6.07, 6.45) is 1.74. The van der Waals surface area contributed by atoms with Gasteiger partial charge in [0, 0.05) is 13.1 Å². The Hall–Kier alpha value is -3.48. The summed E-state index contributed by atoms with van der Waals surface area (Å²) in [4.78, 5) is 27.3. The monoisotopic (exact) mass is 392 g/mol. The van der Waals surface area contributed by atoms with Gasteiger partial charge in [0.2, 0.25) is 5.91 Å². The molecule has 0 saturated carbocycles. The summed E-state index contributed by atoms with van der Waals surface area (Å²) in [6.45, 7) is 2.62. The molecule has 2 aromatic carbocycles. The maximum Gasteiger partial charge on any atom is 0.257 e. The van der Waals surface area contributed by atoms with Gasteiger partial charge in [-0.1, -0.05) is 30.3 Å². The number of halogens is 1. The van der Waals surface area contributed by atoms with Crippen molar-refractivity contribution < 1.29 is 14.0 Å². The Morgan fingerprint density at radius 2 is 1.86 bits per heavy atom. The normalized spacial score (nSPS) is 17.0. The van der Waals surface area contributed by atoms with Gasteiger partial charge < -0.3 is 10.2 Å². The molecule has 1 N–H and O–H groups in total. The van der Waals surface area contributed by atoms with Gasteiger partial charge in [0.25, 0.3) is 5.91 Å². The van der Waals surface area contributed by atoms with Crippen molar-refractivity contribution in [1.82, 2.24) is 20.0 Å². The Balaban J connectivity index is 1.68. The lowest BCUT2D eigenvalue weighted by Crippen LogP contribution is -2.36. The van der Waals surface area contributed by atoms with Gasteiger partial charge in [0.05, 0.1) is 35.6 Å². The number of carbonyl (C=O) groups is 2. The molecule has 1 aliphatic heterocycles. The van der Waals surface area contributed by atoms with Crippen molar-refractivity contribution in [2.45, 2.75) is 19.4 Å². The van der Waals surface area contributed by atoms with Gasteiger partial charge in [-0.25, -0.2) is 9.07 Å². The molecule has 0 radical (unpaired) electrons. The van der Waals surface area contributed by atoms with Crippen LogP contribution in [0.4, 0.5) is 4.39 Å². The average molecular weight is 392 g/mol. The van der Waals surface area contributed by atoms with Crippen LogP contribution in [0.5, 0.6) is 0 Å². The fourth-order valence-corrected chi connectivity index (χ4v) is 3.66. The number of benzene rings is 2. The number of hydrogen-bond donors (Lipinski definition) is 1. The van der Waals surface area contributed by atoms with Crippen LogP contribution in [0.15, 0.2) is 60.8 Å². The molecule has 2 heterocycles. The molecule has 29 heavy (non-hydrogen) atoms. The van der Waals surface area contributed by atoms with Gasteiger partial charge in [0.1, 0.15) is 5.82 Å². The molecule has 3 aromatic rings. The van der Waals surface area contributed by atoms with Crippen molar-refractivity contribution in [3.05, 3.63) is 83.4 Å². The molecule has 0 bridgehead atoms. The molecule has 1 aliphatic rings.